The van der Waals surface area contributed by atoms with Crippen molar-refractivity contribution in [2.45, 2.75) is 31.9 Å². The number of halogens is 1. The van der Waals surface area contributed by atoms with Crippen LogP contribution in [0.15, 0.2) is 28.7 Å². The van der Waals surface area contributed by atoms with Crippen molar-refractivity contribution in [3.63, 3.8) is 0 Å². The molecule has 3 unspecified atom stereocenters. The fraction of sp³-hybridized carbons (Fsp3) is 0.571. The molecule has 1 aromatic carbocycles. The van der Waals surface area contributed by atoms with Crippen LogP contribution in [-0.2, 0) is 0 Å². The Balaban J connectivity index is 2.13. The first-order valence-electron chi connectivity index (χ1n) is 6.54. The second-order valence-corrected chi connectivity index (χ2v) is 6.03. The average Bonchev–Trinajstić information content (AvgIpc) is 2.37. The number of anilines is 1. The van der Waals surface area contributed by atoms with E-state index in [9.17, 15) is 5.11 Å². The summed E-state index contributed by atoms with van der Waals surface area (Å²) in [7, 11) is 0. The zero-order valence-corrected chi connectivity index (χ0v) is 12.3. The van der Waals surface area contributed by atoms with Gasteiger partial charge in [-0.3, -0.25) is 0 Å². The standard InChI is InChI=1S/C14H21BrN2O/c1-2-14(18)10-6-12(16)9-17(8-10)13-5-3-4-11(15)7-13/h3-5,7,10,12,14,18H,2,6,8-9,16H2,1H3. The predicted molar refractivity (Wildman–Crippen MR) is 78.7 cm³/mol. The number of aliphatic hydroxyl groups is 1. The summed E-state index contributed by atoms with van der Waals surface area (Å²) in [6, 6.07) is 8.39. The van der Waals surface area contributed by atoms with Gasteiger partial charge in [0.25, 0.3) is 0 Å². The number of rotatable bonds is 3. The third-order valence-electron chi connectivity index (χ3n) is 3.65. The lowest BCUT2D eigenvalue weighted by Gasteiger charge is -2.39. The van der Waals surface area contributed by atoms with Crippen LogP contribution in [0.4, 0.5) is 5.69 Å². The molecule has 1 aromatic rings. The largest absolute Gasteiger partial charge is 0.393 e. The third-order valence-corrected chi connectivity index (χ3v) is 4.14. The van der Waals surface area contributed by atoms with Crippen LogP contribution in [0.5, 0.6) is 0 Å². The lowest BCUT2D eigenvalue weighted by Crippen LogP contribution is -2.50. The van der Waals surface area contributed by atoms with Gasteiger partial charge in [0.05, 0.1) is 6.10 Å². The maximum absolute atomic E-state index is 10.0. The Hall–Kier alpha value is -0.580. The van der Waals surface area contributed by atoms with E-state index >= 15 is 0 Å². The fourth-order valence-corrected chi connectivity index (χ4v) is 3.06. The topological polar surface area (TPSA) is 49.5 Å². The van der Waals surface area contributed by atoms with Crippen LogP contribution in [0, 0.1) is 5.92 Å². The maximum atomic E-state index is 10.0. The molecule has 1 saturated heterocycles. The lowest BCUT2D eigenvalue weighted by atomic mass is 9.88. The average molecular weight is 313 g/mol. The summed E-state index contributed by atoms with van der Waals surface area (Å²) in [6.07, 6.45) is 1.47. The molecule has 1 heterocycles. The molecule has 0 aromatic heterocycles. The molecule has 0 saturated carbocycles. The van der Waals surface area contributed by atoms with E-state index in [-0.39, 0.29) is 18.1 Å². The maximum Gasteiger partial charge on any atom is 0.0583 e. The number of hydrogen-bond acceptors (Lipinski definition) is 3. The molecule has 0 amide bonds. The van der Waals surface area contributed by atoms with E-state index in [0.29, 0.717) is 0 Å². The number of benzene rings is 1. The van der Waals surface area contributed by atoms with Gasteiger partial charge in [-0.05, 0) is 31.0 Å². The molecule has 3 atom stereocenters. The molecule has 0 radical (unpaired) electrons. The minimum atomic E-state index is -0.244. The quantitative estimate of drug-likeness (QED) is 0.901. The Bertz CT molecular complexity index is 399. The van der Waals surface area contributed by atoms with Gasteiger partial charge in [0, 0.05) is 35.2 Å². The van der Waals surface area contributed by atoms with Crippen molar-refractivity contribution in [1.29, 1.82) is 0 Å². The summed E-state index contributed by atoms with van der Waals surface area (Å²) >= 11 is 3.49. The molecule has 3 N–H and O–H groups in total. The van der Waals surface area contributed by atoms with Gasteiger partial charge in [0.15, 0.2) is 0 Å². The number of aliphatic hydroxyl groups excluding tert-OH is 1. The van der Waals surface area contributed by atoms with Crippen molar-refractivity contribution in [3.8, 4) is 0 Å². The number of nitrogens with zero attached hydrogens (tertiary/aromatic N) is 1. The zero-order chi connectivity index (χ0) is 13.1. The van der Waals surface area contributed by atoms with Gasteiger partial charge in [0.2, 0.25) is 0 Å². The molecule has 1 fully saturated rings. The highest BCUT2D eigenvalue weighted by atomic mass is 79.9. The van der Waals surface area contributed by atoms with Crippen LogP contribution in [-0.4, -0.2) is 30.3 Å². The van der Waals surface area contributed by atoms with E-state index in [0.717, 1.165) is 30.4 Å². The molecule has 18 heavy (non-hydrogen) atoms. The highest BCUT2D eigenvalue weighted by Gasteiger charge is 2.29. The van der Waals surface area contributed by atoms with Crippen molar-refractivity contribution < 1.29 is 5.11 Å². The first-order valence-corrected chi connectivity index (χ1v) is 7.33. The number of piperidine rings is 1. The van der Waals surface area contributed by atoms with Crippen molar-refractivity contribution in [3.05, 3.63) is 28.7 Å². The molecule has 0 bridgehead atoms. The van der Waals surface area contributed by atoms with E-state index in [2.05, 4.69) is 33.0 Å². The Morgan fingerprint density at radius 2 is 2.28 bits per heavy atom. The molecule has 3 nitrogen and oxygen atoms in total. The first-order chi connectivity index (χ1) is 8.60. The van der Waals surface area contributed by atoms with E-state index in [1.54, 1.807) is 0 Å². The number of hydrogen-bond donors (Lipinski definition) is 2. The Kier molecular flexibility index (Phi) is 4.65. The van der Waals surface area contributed by atoms with Crippen molar-refractivity contribution in [2.75, 3.05) is 18.0 Å². The van der Waals surface area contributed by atoms with E-state index in [1.165, 1.54) is 5.69 Å². The summed E-state index contributed by atoms with van der Waals surface area (Å²) in [6.45, 7) is 3.77. The van der Waals surface area contributed by atoms with Crippen LogP contribution >= 0.6 is 15.9 Å². The second-order valence-electron chi connectivity index (χ2n) is 5.12. The molecule has 1 aliphatic heterocycles. The number of nitrogens with two attached hydrogens (primary N) is 1. The third kappa shape index (κ3) is 3.25. The van der Waals surface area contributed by atoms with Gasteiger partial charge in [-0.15, -0.1) is 0 Å². The van der Waals surface area contributed by atoms with E-state index in [1.807, 2.05) is 19.1 Å². The van der Waals surface area contributed by atoms with E-state index in [4.69, 9.17) is 5.73 Å². The van der Waals surface area contributed by atoms with Crippen molar-refractivity contribution in [2.24, 2.45) is 11.7 Å². The summed E-state index contributed by atoms with van der Waals surface area (Å²) in [5.74, 6) is 0.276. The van der Waals surface area contributed by atoms with Gasteiger partial charge in [-0.25, -0.2) is 0 Å². The summed E-state index contributed by atoms with van der Waals surface area (Å²) in [5, 5.41) is 10.0. The van der Waals surface area contributed by atoms with Crippen LogP contribution < -0.4 is 10.6 Å². The smallest absolute Gasteiger partial charge is 0.0583 e. The van der Waals surface area contributed by atoms with E-state index < -0.39 is 0 Å². The van der Waals surface area contributed by atoms with Gasteiger partial charge in [0.1, 0.15) is 0 Å². The summed E-state index contributed by atoms with van der Waals surface area (Å²) in [4.78, 5) is 2.28. The van der Waals surface area contributed by atoms with Gasteiger partial charge < -0.3 is 15.7 Å². The van der Waals surface area contributed by atoms with Gasteiger partial charge in [-0.1, -0.05) is 28.9 Å². The highest BCUT2D eigenvalue weighted by Crippen LogP contribution is 2.27. The molecule has 2 rings (SSSR count). The minimum absolute atomic E-state index is 0.143. The Labute approximate surface area is 117 Å². The van der Waals surface area contributed by atoms with Crippen molar-refractivity contribution >= 4 is 21.6 Å². The van der Waals surface area contributed by atoms with Crippen LogP contribution in [0.2, 0.25) is 0 Å². The molecular weight excluding hydrogens is 292 g/mol. The Morgan fingerprint density at radius 3 is 2.94 bits per heavy atom. The monoisotopic (exact) mass is 312 g/mol. The summed E-state index contributed by atoms with van der Waals surface area (Å²) < 4.78 is 1.08. The summed E-state index contributed by atoms with van der Waals surface area (Å²) in [5.41, 5.74) is 7.29. The highest BCUT2D eigenvalue weighted by molar-refractivity contribution is 9.10. The van der Waals surface area contributed by atoms with Crippen molar-refractivity contribution in [1.82, 2.24) is 0 Å². The molecular formula is C14H21BrN2O. The molecule has 100 valence electrons. The second kappa shape index (κ2) is 6.04. The fourth-order valence-electron chi connectivity index (χ4n) is 2.67. The molecule has 1 aliphatic rings. The van der Waals surface area contributed by atoms with Crippen LogP contribution in [0.3, 0.4) is 0 Å². The lowest BCUT2D eigenvalue weighted by molar-refractivity contribution is 0.0902. The van der Waals surface area contributed by atoms with Gasteiger partial charge in [-0.2, -0.15) is 0 Å². The minimum Gasteiger partial charge on any atom is -0.393 e. The SMILES string of the molecule is CCC(O)C1CC(N)CN(c2cccc(Br)c2)C1. The Morgan fingerprint density at radius 1 is 1.50 bits per heavy atom. The molecule has 0 spiro atoms. The van der Waals surface area contributed by atoms with Crippen LogP contribution in [0.1, 0.15) is 19.8 Å². The molecule has 0 aliphatic carbocycles. The van der Waals surface area contributed by atoms with Gasteiger partial charge >= 0.3 is 0 Å². The first kappa shape index (κ1) is 13.8. The molecule has 4 heteroatoms. The zero-order valence-electron chi connectivity index (χ0n) is 10.7. The van der Waals surface area contributed by atoms with Crippen LogP contribution in [0.25, 0.3) is 0 Å². The predicted octanol–water partition coefficient (Wildman–Crippen LogP) is 2.37. The normalized spacial score (nSPS) is 26.1.